The van der Waals surface area contributed by atoms with Gasteiger partial charge in [0, 0.05) is 6.54 Å². The third kappa shape index (κ3) is 4.70. The molecule has 0 aromatic heterocycles. The van der Waals surface area contributed by atoms with Crippen LogP contribution in [0.2, 0.25) is 0 Å². The Morgan fingerprint density at radius 3 is 2.56 bits per heavy atom. The molecular formula is C10H14N2O5S. The van der Waals surface area contributed by atoms with Gasteiger partial charge >= 0.3 is 16.3 Å². The van der Waals surface area contributed by atoms with E-state index in [9.17, 15) is 18.3 Å². The maximum Gasteiger partial charge on any atom is 0.421 e. The van der Waals surface area contributed by atoms with Crippen molar-refractivity contribution < 1.29 is 23.1 Å². The lowest BCUT2D eigenvalue weighted by atomic mass is 10.1. The molecule has 18 heavy (non-hydrogen) atoms. The molecule has 0 saturated carbocycles. The first-order valence-electron chi connectivity index (χ1n) is 5.03. The molecule has 0 bridgehead atoms. The number of rotatable bonds is 5. The Bertz CT molecular complexity index is 488. The van der Waals surface area contributed by atoms with Crippen LogP contribution in [0.25, 0.3) is 0 Å². The Morgan fingerprint density at radius 2 is 2.00 bits per heavy atom. The van der Waals surface area contributed by atoms with Crippen molar-refractivity contribution in [1.29, 1.82) is 0 Å². The van der Waals surface area contributed by atoms with Crippen LogP contribution in [0.15, 0.2) is 30.3 Å². The second-order valence-corrected chi connectivity index (χ2v) is 4.87. The van der Waals surface area contributed by atoms with E-state index in [0.717, 1.165) is 7.11 Å². The van der Waals surface area contributed by atoms with Crippen molar-refractivity contribution in [1.82, 2.24) is 9.44 Å². The van der Waals surface area contributed by atoms with Crippen LogP contribution in [0.3, 0.4) is 0 Å². The van der Waals surface area contributed by atoms with Gasteiger partial charge in [-0.3, -0.25) is 0 Å². The Hall–Kier alpha value is -1.64. The van der Waals surface area contributed by atoms with Gasteiger partial charge in [-0.25, -0.2) is 9.52 Å². The van der Waals surface area contributed by atoms with Gasteiger partial charge in [-0.2, -0.15) is 13.1 Å². The van der Waals surface area contributed by atoms with Crippen molar-refractivity contribution in [2.24, 2.45) is 0 Å². The zero-order valence-corrected chi connectivity index (χ0v) is 10.5. The number of ether oxygens (including phenoxy) is 1. The maximum atomic E-state index is 11.3. The number of aliphatic hydroxyl groups is 1. The molecule has 0 aliphatic carbocycles. The highest BCUT2D eigenvalue weighted by molar-refractivity contribution is 7.88. The van der Waals surface area contributed by atoms with Crippen molar-refractivity contribution in [3.63, 3.8) is 0 Å². The summed E-state index contributed by atoms with van der Waals surface area (Å²) in [6, 6.07) is 8.54. The smallest absolute Gasteiger partial charge is 0.421 e. The van der Waals surface area contributed by atoms with Gasteiger partial charge in [0.2, 0.25) is 0 Å². The summed E-state index contributed by atoms with van der Waals surface area (Å²) < 4.78 is 30.4. The molecule has 3 N–H and O–H groups in total. The fourth-order valence-corrected chi connectivity index (χ4v) is 1.92. The molecule has 1 amide bonds. The summed E-state index contributed by atoms with van der Waals surface area (Å²) in [6.45, 7) is -0.254. The molecule has 0 radical (unpaired) electrons. The maximum absolute atomic E-state index is 11.3. The van der Waals surface area contributed by atoms with Gasteiger partial charge in [-0.05, 0) is 5.56 Å². The summed E-state index contributed by atoms with van der Waals surface area (Å²) >= 11 is 0. The number of carbonyl (C=O) groups is 1. The topological polar surface area (TPSA) is 105 Å². The SMILES string of the molecule is COC(=O)NS(=O)(=O)NCC(O)c1ccccc1. The Morgan fingerprint density at radius 1 is 1.39 bits per heavy atom. The molecule has 0 aliphatic heterocycles. The van der Waals surface area contributed by atoms with Crippen molar-refractivity contribution in [3.05, 3.63) is 35.9 Å². The summed E-state index contributed by atoms with van der Waals surface area (Å²) in [6.07, 6.45) is -2.10. The molecule has 1 aromatic rings. The van der Waals surface area contributed by atoms with E-state index in [1.54, 1.807) is 35.1 Å². The molecule has 1 unspecified atom stereocenters. The predicted octanol–water partition coefficient (Wildman–Crippen LogP) is -0.0896. The zero-order valence-electron chi connectivity index (χ0n) is 9.66. The van der Waals surface area contributed by atoms with Crippen LogP contribution in [0, 0.1) is 0 Å². The van der Waals surface area contributed by atoms with Crippen molar-refractivity contribution >= 4 is 16.3 Å². The van der Waals surface area contributed by atoms with Gasteiger partial charge in [0.15, 0.2) is 0 Å². The van der Waals surface area contributed by atoms with Crippen molar-refractivity contribution in [3.8, 4) is 0 Å². The molecule has 0 fully saturated rings. The van der Waals surface area contributed by atoms with E-state index in [4.69, 9.17) is 0 Å². The first kappa shape index (κ1) is 14.4. The van der Waals surface area contributed by atoms with Crippen LogP contribution < -0.4 is 9.44 Å². The van der Waals surface area contributed by atoms with Crippen LogP contribution in [-0.2, 0) is 14.9 Å². The lowest BCUT2D eigenvalue weighted by Crippen LogP contribution is -2.41. The quantitative estimate of drug-likeness (QED) is 0.696. The highest BCUT2D eigenvalue weighted by Crippen LogP contribution is 2.10. The average Bonchev–Trinajstić information content (AvgIpc) is 2.36. The molecule has 8 heteroatoms. The molecular weight excluding hydrogens is 260 g/mol. The lowest BCUT2D eigenvalue weighted by molar-refractivity contribution is 0.175. The fourth-order valence-electron chi connectivity index (χ4n) is 1.17. The van der Waals surface area contributed by atoms with Crippen molar-refractivity contribution in [2.75, 3.05) is 13.7 Å². The predicted molar refractivity (Wildman–Crippen MR) is 63.9 cm³/mol. The number of hydrogen-bond acceptors (Lipinski definition) is 5. The van der Waals surface area contributed by atoms with Crippen LogP contribution in [0.1, 0.15) is 11.7 Å². The fraction of sp³-hybridized carbons (Fsp3) is 0.300. The average molecular weight is 274 g/mol. The number of nitrogens with one attached hydrogen (secondary N) is 2. The second kappa shape index (κ2) is 6.34. The minimum Gasteiger partial charge on any atom is -0.452 e. The molecule has 1 atom stereocenters. The van der Waals surface area contributed by atoms with Gasteiger partial charge in [0.25, 0.3) is 0 Å². The number of hydrogen-bond donors (Lipinski definition) is 3. The normalized spacial score (nSPS) is 12.8. The minimum absolute atomic E-state index is 0.254. The zero-order chi connectivity index (χ0) is 13.6. The van der Waals surface area contributed by atoms with E-state index in [-0.39, 0.29) is 6.54 Å². The number of benzene rings is 1. The van der Waals surface area contributed by atoms with Gasteiger partial charge in [-0.1, -0.05) is 30.3 Å². The van der Waals surface area contributed by atoms with E-state index in [1.807, 2.05) is 4.72 Å². The summed E-state index contributed by atoms with van der Waals surface area (Å²) in [4.78, 5) is 10.7. The third-order valence-corrected chi connectivity index (χ3v) is 3.04. The molecule has 0 aliphatic rings. The Kier molecular flexibility index (Phi) is 5.08. The van der Waals surface area contributed by atoms with Crippen LogP contribution in [0.4, 0.5) is 4.79 Å². The van der Waals surface area contributed by atoms with Gasteiger partial charge < -0.3 is 9.84 Å². The standard InChI is InChI=1S/C10H14N2O5S/c1-17-10(14)12-18(15,16)11-7-9(13)8-5-3-2-4-6-8/h2-6,9,11,13H,7H2,1H3,(H,12,14). The van der Waals surface area contributed by atoms with Crippen LogP contribution in [0.5, 0.6) is 0 Å². The Labute approximate surface area is 105 Å². The first-order valence-corrected chi connectivity index (χ1v) is 6.51. The van der Waals surface area contributed by atoms with Crippen molar-refractivity contribution in [2.45, 2.75) is 6.10 Å². The number of methoxy groups -OCH3 is 1. The van der Waals surface area contributed by atoms with E-state index in [1.165, 1.54) is 0 Å². The second-order valence-electron chi connectivity index (χ2n) is 3.37. The van der Waals surface area contributed by atoms with Gasteiger partial charge in [-0.15, -0.1) is 0 Å². The largest absolute Gasteiger partial charge is 0.452 e. The van der Waals surface area contributed by atoms with E-state index >= 15 is 0 Å². The third-order valence-electron chi connectivity index (χ3n) is 2.05. The van der Waals surface area contributed by atoms with Gasteiger partial charge in [0.05, 0.1) is 13.2 Å². The van der Waals surface area contributed by atoms with Crippen LogP contribution >= 0.6 is 0 Å². The number of carbonyl (C=O) groups excluding carboxylic acids is 1. The molecule has 7 nitrogen and oxygen atoms in total. The number of aliphatic hydroxyl groups excluding tert-OH is 1. The molecule has 0 saturated heterocycles. The van der Waals surface area contributed by atoms with Gasteiger partial charge in [0.1, 0.15) is 0 Å². The highest BCUT2D eigenvalue weighted by Gasteiger charge is 2.16. The van der Waals surface area contributed by atoms with Crippen LogP contribution in [-0.4, -0.2) is 33.3 Å². The molecule has 100 valence electrons. The molecule has 0 heterocycles. The van der Waals surface area contributed by atoms with E-state index in [0.29, 0.717) is 5.56 Å². The molecule has 1 aromatic carbocycles. The first-order chi connectivity index (χ1) is 8.44. The monoisotopic (exact) mass is 274 g/mol. The number of amides is 1. The molecule has 1 rings (SSSR count). The van der Waals surface area contributed by atoms with E-state index < -0.39 is 22.4 Å². The Balaban J connectivity index is 2.53. The minimum atomic E-state index is -4.03. The summed E-state index contributed by atoms with van der Waals surface area (Å²) in [5.74, 6) is 0. The highest BCUT2D eigenvalue weighted by atomic mass is 32.2. The lowest BCUT2D eigenvalue weighted by Gasteiger charge is -2.12. The summed E-state index contributed by atoms with van der Waals surface area (Å²) in [5.41, 5.74) is 0.568. The summed E-state index contributed by atoms with van der Waals surface area (Å²) in [7, 11) is -2.99. The van der Waals surface area contributed by atoms with E-state index in [2.05, 4.69) is 4.74 Å². The molecule has 0 spiro atoms. The summed E-state index contributed by atoms with van der Waals surface area (Å²) in [5, 5.41) is 9.70.